The van der Waals surface area contributed by atoms with Crippen LogP contribution in [-0.2, 0) is 7.05 Å². The first kappa shape index (κ1) is 12.6. The molecule has 96 valence electrons. The Morgan fingerprint density at radius 1 is 1.44 bits per heavy atom. The molecule has 0 aliphatic rings. The zero-order chi connectivity index (χ0) is 13.3. The van der Waals surface area contributed by atoms with Gasteiger partial charge in [-0.2, -0.15) is 10.2 Å². The molecule has 2 aromatic rings. The lowest BCUT2D eigenvalue weighted by Gasteiger charge is -2.11. The van der Waals surface area contributed by atoms with Gasteiger partial charge >= 0.3 is 0 Å². The van der Waals surface area contributed by atoms with E-state index < -0.39 is 0 Å². The fourth-order valence-corrected chi connectivity index (χ4v) is 1.70. The highest BCUT2D eigenvalue weighted by molar-refractivity contribution is 6.33. The maximum atomic E-state index is 11.9. The number of aromatic nitrogens is 4. The van der Waals surface area contributed by atoms with Crippen LogP contribution in [0, 0.1) is 0 Å². The van der Waals surface area contributed by atoms with E-state index in [4.69, 9.17) is 11.6 Å². The Labute approximate surface area is 109 Å². The smallest absolute Gasteiger partial charge is 0.287 e. The van der Waals surface area contributed by atoms with Gasteiger partial charge in [-0.25, -0.2) is 4.68 Å². The lowest BCUT2D eigenvalue weighted by Crippen LogP contribution is -2.25. The van der Waals surface area contributed by atoms with Crippen molar-refractivity contribution in [1.29, 1.82) is 0 Å². The molecule has 0 fully saturated rings. The van der Waals surface area contributed by atoms with Crippen molar-refractivity contribution >= 4 is 23.1 Å². The van der Waals surface area contributed by atoms with Gasteiger partial charge in [0.2, 0.25) is 0 Å². The SMILES string of the molecule is CC(C)n1ncc(Nc2ccn(C)n2)c(Cl)c1=O. The Balaban J connectivity index is 2.36. The second-order valence-corrected chi connectivity index (χ2v) is 4.59. The van der Waals surface area contributed by atoms with E-state index >= 15 is 0 Å². The van der Waals surface area contributed by atoms with Gasteiger partial charge in [0.05, 0.1) is 17.9 Å². The molecule has 0 unspecified atom stereocenters. The van der Waals surface area contributed by atoms with Gasteiger partial charge in [0.1, 0.15) is 5.02 Å². The van der Waals surface area contributed by atoms with Crippen LogP contribution >= 0.6 is 11.6 Å². The molecule has 7 heteroatoms. The fourth-order valence-electron chi connectivity index (χ4n) is 1.52. The largest absolute Gasteiger partial charge is 0.336 e. The molecule has 0 amide bonds. The van der Waals surface area contributed by atoms with Crippen LogP contribution in [0.5, 0.6) is 0 Å². The second-order valence-electron chi connectivity index (χ2n) is 4.22. The predicted octanol–water partition coefficient (Wildman–Crippen LogP) is 1.95. The van der Waals surface area contributed by atoms with Gasteiger partial charge in [0, 0.05) is 19.3 Å². The summed E-state index contributed by atoms with van der Waals surface area (Å²) in [6, 6.07) is 1.75. The third-order valence-electron chi connectivity index (χ3n) is 2.41. The summed E-state index contributed by atoms with van der Waals surface area (Å²) >= 11 is 6.03. The Morgan fingerprint density at radius 2 is 2.17 bits per heavy atom. The summed E-state index contributed by atoms with van der Waals surface area (Å²) in [7, 11) is 1.81. The van der Waals surface area contributed by atoms with E-state index in [0.717, 1.165) is 0 Å². The first-order valence-electron chi connectivity index (χ1n) is 5.53. The molecular formula is C11H14ClN5O. The van der Waals surface area contributed by atoms with E-state index in [0.29, 0.717) is 11.5 Å². The van der Waals surface area contributed by atoms with E-state index in [-0.39, 0.29) is 16.6 Å². The van der Waals surface area contributed by atoms with Crippen molar-refractivity contribution in [1.82, 2.24) is 19.6 Å². The Bertz CT molecular complexity index is 616. The normalized spacial score (nSPS) is 10.9. The summed E-state index contributed by atoms with van der Waals surface area (Å²) < 4.78 is 2.99. The maximum Gasteiger partial charge on any atom is 0.287 e. The number of aryl methyl sites for hydroxylation is 1. The average molecular weight is 268 g/mol. The average Bonchev–Trinajstić information content (AvgIpc) is 2.70. The van der Waals surface area contributed by atoms with Crippen molar-refractivity contribution in [2.45, 2.75) is 19.9 Å². The van der Waals surface area contributed by atoms with Crippen LogP contribution in [0.1, 0.15) is 19.9 Å². The first-order chi connectivity index (χ1) is 8.49. The molecule has 1 N–H and O–H groups in total. The van der Waals surface area contributed by atoms with Crippen molar-refractivity contribution in [3.63, 3.8) is 0 Å². The third-order valence-corrected chi connectivity index (χ3v) is 2.77. The molecule has 0 bridgehead atoms. The molecule has 0 aliphatic heterocycles. The Hall–Kier alpha value is -1.82. The summed E-state index contributed by atoms with van der Waals surface area (Å²) in [5.41, 5.74) is 0.143. The second kappa shape index (κ2) is 4.81. The topological polar surface area (TPSA) is 64.7 Å². The van der Waals surface area contributed by atoms with Crippen molar-refractivity contribution in [3.8, 4) is 0 Å². The fraction of sp³-hybridized carbons (Fsp3) is 0.364. The molecule has 18 heavy (non-hydrogen) atoms. The van der Waals surface area contributed by atoms with Crippen molar-refractivity contribution < 1.29 is 0 Å². The number of hydrogen-bond acceptors (Lipinski definition) is 4. The standard InChI is InChI=1S/C11H14ClN5O/c1-7(2)17-11(18)10(12)8(6-13-17)14-9-4-5-16(3)15-9/h4-7H,1-3H3,(H,14,15). The maximum absolute atomic E-state index is 11.9. The van der Waals surface area contributed by atoms with Crippen molar-refractivity contribution in [2.24, 2.45) is 7.05 Å². The summed E-state index contributed by atoms with van der Waals surface area (Å²) in [6.07, 6.45) is 3.32. The van der Waals surface area contributed by atoms with Gasteiger partial charge < -0.3 is 5.32 Å². The molecule has 0 spiro atoms. The quantitative estimate of drug-likeness (QED) is 0.923. The van der Waals surface area contributed by atoms with E-state index in [1.807, 2.05) is 20.9 Å². The van der Waals surface area contributed by atoms with Gasteiger partial charge in [-0.15, -0.1) is 0 Å². The van der Waals surface area contributed by atoms with Crippen LogP contribution in [0.4, 0.5) is 11.5 Å². The van der Waals surface area contributed by atoms with Crippen molar-refractivity contribution in [3.05, 3.63) is 33.8 Å². The number of hydrogen-bond donors (Lipinski definition) is 1. The summed E-state index contributed by atoms with van der Waals surface area (Å²) in [6.45, 7) is 3.74. The van der Waals surface area contributed by atoms with Gasteiger partial charge in [-0.1, -0.05) is 11.6 Å². The van der Waals surface area contributed by atoms with Crippen LogP contribution in [0.25, 0.3) is 0 Å². The molecule has 0 saturated carbocycles. The molecule has 2 aromatic heterocycles. The highest BCUT2D eigenvalue weighted by Gasteiger charge is 2.11. The number of rotatable bonds is 3. The van der Waals surface area contributed by atoms with Gasteiger partial charge in [0.15, 0.2) is 5.82 Å². The Morgan fingerprint density at radius 3 is 2.72 bits per heavy atom. The van der Waals surface area contributed by atoms with Crippen LogP contribution in [-0.4, -0.2) is 19.6 Å². The Kier molecular flexibility index (Phi) is 3.38. The van der Waals surface area contributed by atoms with E-state index in [9.17, 15) is 4.79 Å². The van der Waals surface area contributed by atoms with Crippen LogP contribution in [0.3, 0.4) is 0 Å². The number of halogens is 1. The molecular weight excluding hydrogens is 254 g/mol. The van der Waals surface area contributed by atoms with E-state index in [2.05, 4.69) is 15.5 Å². The first-order valence-corrected chi connectivity index (χ1v) is 5.91. The predicted molar refractivity (Wildman–Crippen MR) is 70.4 cm³/mol. The lowest BCUT2D eigenvalue weighted by atomic mass is 10.4. The van der Waals surface area contributed by atoms with Crippen LogP contribution < -0.4 is 10.9 Å². The van der Waals surface area contributed by atoms with Gasteiger partial charge in [-0.05, 0) is 13.8 Å². The van der Waals surface area contributed by atoms with E-state index in [1.54, 1.807) is 16.9 Å². The summed E-state index contributed by atoms with van der Waals surface area (Å²) in [5, 5.41) is 11.3. The molecule has 0 aliphatic carbocycles. The van der Waals surface area contributed by atoms with Crippen LogP contribution in [0.15, 0.2) is 23.3 Å². The zero-order valence-electron chi connectivity index (χ0n) is 10.4. The monoisotopic (exact) mass is 267 g/mol. The summed E-state index contributed by atoms with van der Waals surface area (Å²) in [4.78, 5) is 11.9. The van der Waals surface area contributed by atoms with Gasteiger partial charge in [-0.3, -0.25) is 9.48 Å². The highest BCUT2D eigenvalue weighted by Crippen LogP contribution is 2.20. The highest BCUT2D eigenvalue weighted by atomic mass is 35.5. The van der Waals surface area contributed by atoms with Crippen molar-refractivity contribution in [2.75, 3.05) is 5.32 Å². The number of anilines is 2. The van der Waals surface area contributed by atoms with E-state index in [1.165, 1.54) is 10.9 Å². The molecule has 2 rings (SSSR count). The number of nitrogens with zero attached hydrogens (tertiary/aromatic N) is 4. The summed E-state index contributed by atoms with van der Waals surface area (Å²) in [5.74, 6) is 0.614. The number of nitrogens with one attached hydrogen (secondary N) is 1. The molecule has 0 atom stereocenters. The molecule has 0 radical (unpaired) electrons. The zero-order valence-corrected chi connectivity index (χ0v) is 11.1. The molecule has 0 saturated heterocycles. The minimum Gasteiger partial charge on any atom is -0.336 e. The molecule has 0 aromatic carbocycles. The minimum absolute atomic E-state index is 0.0288. The molecule has 6 nitrogen and oxygen atoms in total. The minimum atomic E-state index is -0.312. The van der Waals surface area contributed by atoms with Gasteiger partial charge in [0.25, 0.3) is 5.56 Å². The lowest BCUT2D eigenvalue weighted by molar-refractivity contribution is 0.503. The molecule has 2 heterocycles. The third kappa shape index (κ3) is 2.38. The van der Waals surface area contributed by atoms with Crippen LogP contribution in [0.2, 0.25) is 5.02 Å².